The highest BCUT2D eigenvalue weighted by Crippen LogP contribution is 2.36. The normalized spacial score (nSPS) is 19.2. The van der Waals surface area contributed by atoms with Gasteiger partial charge in [-0.05, 0) is 43.5 Å². The van der Waals surface area contributed by atoms with E-state index in [1.807, 2.05) is 6.92 Å². The molecule has 2 N–H and O–H groups in total. The molecule has 1 aliphatic rings. The van der Waals surface area contributed by atoms with Crippen molar-refractivity contribution in [1.82, 2.24) is 0 Å². The molecule has 1 atom stereocenters. The predicted octanol–water partition coefficient (Wildman–Crippen LogP) is 2.68. The van der Waals surface area contributed by atoms with Gasteiger partial charge >= 0.3 is 0 Å². The molecule has 100 valence electrons. The molecule has 0 aromatic heterocycles. The van der Waals surface area contributed by atoms with Gasteiger partial charge in [0.15, 0.2) is 11.5 Å². The summed E-state index contributed by atoms with van der Waals surface area (Å²) >= 11 is 0. The standard InChI is InChI=1S/C15H23NO2/c1-10-5-13-14(7-12(10)6-11(2)16)18-9-15(3,4)8-17-13/h5,7,11H,6,8-9,16H2,1-4H3. The lowest BCUT2D eigenvalue weighted by molar-refractivity contribution is 0.140. The van der Waals surface area contributed by atoms with E-state index in [0.29, 0.717) is 13.2 Å². The Morgan fingerprint density at radius 2 is 1.78 bits per heavy atom. The Hall–Kier alpha value is -1.22. The molecule has 0 radical (unpaired) electrons. The van der Waals surface area contributed by atoms with Crippen LogP contribution in [0.3, 0.4) is 0 Å². The van der Waals surface area contributed by atoms with Crippen molar-refractivity contribution in [3.63, 3.8) is 0 Å². The minimum atomic E-state index is 0.0498. The Balaban J connectivity index is 2.30. The molecule has 0 bridgehead atoms. The van der Waals surface area contributed by atoms with Gasteiger partial charge in [-0.3, -0.25) is 0 Å². The van der Waals surface area contributed by atoms with Gasteiger partial charge in [0.25, 0.3) is 0 Å². The van der Waals surface area contributed by atoms with Gasteiger partial charge in [-0.25, -0.2) is 0 Å². The van der Waals surface area contributed by atoms with Crippen molar-refractivity contribution in [1.29, 1.82) is 0 Å². The fraction of sp³-hybridized carbons (Fsp3) is 0.600. The summed E-state index contributed by atoms with van der Waals surface area (Å²) in [4.78, 5) is 0. The summed E-state index contributed by atoms with van der Waals surface area (Å²) in [7, 11) is 0. The molecule has 1 aromatic rings. The minimum absolute atomic E-state index is 0.0498. The summed E-state index contributed by atoms with van der Waals surface area (Å²) in [6.07, 6.45) is 0.867. The zero-order chi connectivity index (χ0) is 13.3. The van der Waals surface area contributed by atoms with E-state index < -0.39 is 0 Å². The summed E-state index contributed by atoms with van der Waals surface area (Å²) in [6, 6.07) is 4.30. The Kier molecular flexibility index (Phi) is 3.53. The number of aryl methyl sites for hydroxylation is 1. The van der Waals surface area contributed by atoms with Crippen LogP contribution < -0.4 is 15.2 Å². The number of benzene rings is 1. The van der Waals surface area contributed by atoms with Crippen molar-refractivity contribution in [2.75, 3.05) is 13.2 Å². The van der Waals surface area contributed by atoms with Crippen LogP contribution in [0.4, 0.5) is 0 Å². The summed E-state index contributed by atoms with van der Waals surface area (Å²) in [5.74, 6) is 1.70. The van der Waals surface area contributed by atoms with E-state index >= 15 is 0 Å². The van der Waals surface area contributed by atoms with Crippen LogP contribution in [-0.4, -0.2) is 19.3 Å². The van der Waals surface area contributed by atoms with E-state index in [1.54, 1.807) is 0 Å². The molecule has 0 aliphatic carbocycles. The van der Waals surface area contributed by atoms with E-state index in [4.69, 9.17) is 15.2 Å². The first-order chi connectivity index (χ1) is 8.37. The smallest absolute Gasteiger partial charge is 0.161 e. The third-order valence-corrected chi connectivity index (χ3v) is 3.18. The number of rotatable bonds is 2. The van der Waals surface area contributed by atoms with Gasteiger partial charge in [0.05, 0.1) is 13.2 Å². The molecular weight excluding hydrogens is 226 g/mol. The maximum atomic E-state index is 5.88. The van der Waals surface area contributed by atoms with E-state index in [2.05, 4.69) is 32.9 Å². The Morgan fingerprint density at radius 1 is 1.22 bits per heavy atom. The van der Waals surface area contributed by atoms with Crippen molar-refractivity contribution in [2.24, 2.45) is 11.1 Å². The Bertz CT molecular complexity index is 438. The predicted molar refractivity (Wildman–Crippen MR) is 73.3 cm³/mol. The maximum Gasteiger partial charge on any atom is 0.161 e. The van der Waals surface area contributed by atoms with E-state index in [0.717, 1.165) is 17.9 Å². The highest BCUT2D eigenvalue weighted by atomic mass is 16.5. The minimum Gasteiger partial charge on any atom is -0.489 e. The molecule has 0 spiro atoms. The lowest BCUT2D eigenvalue weighted by Crippen LogP contribution is -2.26. The van der Waals surface area contributed by atoms with Crippen LogP contribution in [0.2, 0.25) is 0 Å². The highest BCUT2D eigenvalue weighted by molar-refractivity contribution is 5.47. The van der Waals surface area contributed by atoms with Gasteiger partial charge in [-0.1, -0.05) is 13.8 Å². The quantitative estimate of drug-likeness (QED) is 0.876. The first kappa shape index (κ1) is 13.2. The van der Waals surface area contributed by atoms with Gasteiger partial charge in [0.2, 0.25) is 0 Å². The van der Waals surface area contributed by atoms with Crippen LogP contribution >= 0.6 is 0 Å². The van der Waals surface area contributed by atoms with Crippen LogP contribution in [0.5, 0.6) is 11.5 Å². The Morgan fingerprint density at radius 3 is 2.33 bits per heavy atom. The second-order valence-electron chi connectivity index (χ2n) is 6.15. The molecule has 2 rings (SSSR count). The van der Waals surface area contributed by atoms with E-state index in [-0.39, 0.29) is 11.5 Å². The molecule has 0 fully saturated rings. The second kappa shape index (κ2) is 4.81. The molecule has 0 amide bonds. The van der Waals surface area contributed by atoms with Gasteiger partial charge in [0.1, 0.15) is 0 Å². The van der Waals surface area contributed by atoms with Crippen LogP contribution in [0.15, 0.2) is 12.1 Å². The van der Waals surface area contributed by atoms with Crippen LogP contribution in [0, 0.1) is 12.3 Å². The average Bonchev–Trinajstić information content (AvgIpc) is 2.39. The zero-order valence-corrected chi connectivity index (χ0v) is 11.7. The molecule has 1 unspecified atom stereocenters. The molecule has 3 nitrogen and oxygen atoms in total. The first-order valence-corrected chi connectivity index (χ1v) is 6.52. The lowest BCUT2D eigenvalue weighted by atomic mass is 9.97. The SMILES string of the molecule is Cc1cc2c(cc1CC(C)N)OCC(C)(C)CO2. The monoisotopic (exact) mass is 249 g/mol. The summed E-state index contributed by atoms with van der Waals surface area (Å²) < 4.78 is 11.7. The van der Waals surface area contributed by atoms with E-state index in [1.165, 1.54) is 11.1 Å². The van der Waals surface area contributed by atoms with Gasteiger partial charge in [-0.15, -0.1) is 0 Å². The molecule has 0 saturated heterocycles. The number of hydrogen-bond donors (Lipinski definition) is 1. The average molecular weight is 249 g/mol. The third kappa shape index (κ3) is 2.96. The molecule has 1 aromatic carbocycles. The second-order valence-corrected chi connectivity index (χ2v) is 6.15. The molecule has 0 saturated carbocycles. The van der Waals surface area contributed by atoms with E-state index in [9.17, 15) is 0 Å². The van der Waals surface area contributed by atoms with Crippen LogP contribution in [0.25, 0.3) is 0 Å². The molecular formula is C15H23NO2. The molecule has 1 aliphatic heterocycles. The number of hydrogen-bond acceptors (Lipinski definition) is 3. The zero-order valence-electron chi connectivity index (χ0n) is 11.7. The number of nitrogens with two attached hydrogens (primary N) is 1. The van der Waals surface area contributed by atoms with Crippen molar-refractivity contribution in [3.05, 3.63) is 23.3 Å². The molecule has 18 heavy (non-hydrogen) atoms. The number of ether oxygens (including phenoxy) is 2. The molecule has 3 heteroatoms. The summed E-state index contributed by atoms with van der Waals surface area (Å²) in [5, 5.41) is 0. The number of fused-ring (bicyclic) bond motifs is 1. The lowest BCUT2D eigenvalue weighted by Gasteiger charge is -2.19. The summed E-state index contributed by atoms with van der Waals surface area (Å²) in [6.45, 7) is 9.78. The maximum absolute atomic E-state index is 5.88. The van der Waals surface area contributed by atoms with Crippen LogP contribution in [0.1, 0.15) is 31.9 Å². The first-order valence-electron chi connectivity index (χ1n) is 6.52. The van der Waals surface area contributed by atoms with Crippen LogP contribution in [-0.2, 0) is 6.42 Å². The molecule has 1 heterocycles. The topological polar surface area (TPSA) is 44.5 Å². The van der Waals surface area contributed by atoms with Crippen molar-refractivity contribution in [3.8, 4) is 11.5 Å². The highest BCUT2D eigenvalue weighted by Gasteiger charge is 2.25. The van der Waals surface area contributed by atoms with Gasteiger partial charge < -0.3 is 15.2 Å². The third-order valence-electron chi connectivity index (χ3n) is 3.18. The van der Waals surface area contributed by atoms with Crippen molar-refractivity contribution in [2.45, 2.75) is 40.2 Å². The van der Waals surface area contributed by atoms with Crippen molar-refractivity contribution < 1.29 is 9.47 Å². The van der Waals surface area contributed by atoms with Gasteiger partial charge in [0, 0.05) is 11.5 Å². The van der Waals surface area contributed by atoms with Gasteiger partial charge in [-0.2, -0.15) is 0 Å². The fourth-order valence-electron chi connectivity index (χ4n) is 2.08. The fourth-order valence-corrected chi connectivity index (χ4v) is 2.08. The largest absolute Gasteiger partial charge is 0.489 e. The summed E-state index contributed by atoms with van der Waals surface area (Å²) in [5.41, 5.74) is 8.38. The Labute approximate surface area is 109 Å². The van der Waals surface area contributed by atoms with Crippen molar-refractivity contribution >= 4 is 0 Å².